The second-order valence-electron chi connectivity index (χ2n) is 9.48. The van der Waals surface area contributed by atoms with Crippen LogP contribution in [0.1, 0.15) is 60.8 Å². The van der Waals surface area contributed by atoms with Crippen LogP contribution in [-0.2, 0) is 16.0 Å². The number of likely N-dealkylation sites (tertiary alicyclic amines) is 1. The zero-order valence-corrected chi connectivity index (χ0v) is 22.5. The number of benzene rings is 2. The number of nitrogens with one attached hydrogen (secondary N) is 1. The van der Waals surface area contributed by atoms with Crippen molar-refractivity contribution in [1.29, 1.82) is 5.26 Å². The molecule has 0 spiro atoms. The van der Waals surface area contributed by atoms with Crippen LogP contribution in [-0.4, -0.2) is 34.6 Å². The third kappa shape index (κ3) is 4.85. The highest BCUT2D eigenvalue weighted by molar-refractivity contribution is 9.10. The van der Waals surface area contributed by atoms with Gasteiger partial charge in [0.25, 0.3) is 5.91 Å². The minimum absolute atomic E-state index is 0.0181. The van der Waals surface area contributed by atoms with Gasteiger partial charge in [0.2, 0.25) is 0 Å². The smallest absolute Gasteiger partial charge is 0.352 e. The van der Waals surface area contributed by atoms with E-state index in [2.05, 4.69) is 76.2 Å². The van der Waals surface area contributed by atoms with Crippen LogP contribution < -0.4 is 5.32 Å². The van der Waals surface area contributed by atoms with E-state index < -0.39 is 0 Å². The predicted octanol–water partition coefficient (Wildman–Crippen LogP) is 5.68. The Kier molecular flexibility index (Phi) is 7.97. The van der Waals surface area contributed by atoms with Crippen LogP contribution in [0.15, 0.2) is 59.1 Å². The molecule has 0 radical (unpaired) electrons. The molecular formula is C29H29BrN4O3. The van der Waals surface area contributed by atoms with Crippen LogP contribution in [0.2, 0.25) is 0 Å². The van der Waals surface area contributed by atoms with E-state index in [9.17, 15) is 10.1 Å². The summed E-state index contributed by atoms with van der Waals surface area (Å²) in [6, 6.07) is 15.9. The van der Waals surface area contributed by atoms with Crippen LogP contribution in [0.3, 0.4) is 0 Å². The number of carbonyl (C=O) groups is 1. The molecule has 8 heteroatoms. The number of rotatable bonds is 5. The number of carbonyl (C=O) groups excluding carboxylic acids is 3. The van der Waals surface area contributed by atoms with E-state index in [0.29, 0.717) is 18.5 Å². The number of halogens is 1. The van der Waals surface area contributed by atoms with Gasteiger partial charge in [0.1, 0.15) is 0 Å². The molecular weight excluding hydrogens is 532 g/mol. The van der Waals surface area contributed by atoms with Crippen molar-refractivity contribution in [3.8, 4) is 6.19 Å². The number of nitriles is 1. The summed E-state index contributed by atoms with van der Waals surface area (Å²) in [7, 11) is 0. The molecule has 2 aliphatic heterocycles. The molecule has 2 aliphatic rings. The summed E-state index contributed by atoms with van der Waals surface area (Å²) in [5, 5.41) is 14.4. The summed E-state index contributed by atoms with van der Waals surface area (Å²) >= 11 is 3.42. The molecule has 2 atom stereocenters. The maximum atomic E-state index is 12.7. The molecule has 0 unspecified atom stereocenters. The molecule has 1 saturated heterocycles. The Labute approximate surface area is 224 Å². The molecule has 0 bridgehead atoms. The largest absolute Gasteiger partial charge is 0.373 e. The van der Waals surface area contributed by atoms with Gasteiger partial charge in [-0.25, -0.2) is 0 Å². The highest BCUT2D eigenvalue weighted by Crippen LogP contribution is 2.55. The summed E-state index contributed by atoms with van der Waals surface area (Å²) < 4.78 is 3.31. The number of para-hydroxylation sites is 1. The second-order valence-corrected chi connectivity index (χ2v) is 10.4. The lowest BCUT2D eigenvalue weighted by Gasteiger charge is -2.49. The van der Waals surface area contributed by atoms with E-state index in [1.165, 1.54) is 27.9 Å². The fourth-order valence-corrected chi connectivity index (χ4v) is 6.31. The van der Waals surface area contributed by atoms with Crippen molar-refractivity contribution in [3.05, 3.63) is 75.9 Å². The first-order valence-corrected chi connectivity index (χ1v) is 13.2. The maximum Gasteiger partial charge on any atom is 0.373 e. The number of allylic oxidation sites excluding steroid dienone is 1. The SMILES string of the molecule is CC[C@]12C=C(C)n3c(c(CCNC(=O)c4ccc(Br)cc4)c4ccccc43)[C@H]1N(C#N)CCC2.O=C=O. The van der Waals surface area contributed by atoms with E-state index in [-0.39, 0.29) is 23.5 Å². The number of hydrogen-bond acceptors (Lipinski definition) is 5. The van der Waals surface area contributed by atoms with E-state index in [4.69, 9.17) is 9.59 Å². The number of piperidine rings is 1. The highest BCUT2D eigenvalue weighted by Gasteiger charge is 2.48. The normalized spacial score (nSPS) is 19.9. The van der Waals surface area contributed by atoms with E-state index in [1.807, 2.05) is 29.2 Å². The van der Waals surface area contributed by atoms with Gasteiger partial charge >= 0.3 is 6.15 Å². The molecule has 3 aromatic rings. The Morgan fingerprint density at radius 1 is 1.19 bits per heavy atom. The zero-order chi connectivity index (χ0) is 26.6. The van der Waals surface area contributed by atoms with Crippen LogP contribution in [0.5, 0.6) is 0 Å². The lowest BCUT2D eigenvalue weighted by Crippen LogP contribution is -2.46. The summed E-state index contributed by atoms with van der Waals surface area (Å²) in [4.78, 5) is 31.0. The molecule has 3 heterocycles. The zero-order valence-electron chi connectivity index (χ0n) is 21.0. The topological polar surface area (TPSA) is 95.2 Å². The lowest BCUT2D eigenvalue weighted by molar-refractivity contribution is -0.191. The van der Waals surface area contributed by atoms with Gasteiger partial charge in [0, 0.05) is 39.6 Å². The quantitative estimate of drug-likeness (QED) is 0.405. The fourth-order valence-electron chi connectivity index (χ4n) is 6.05. The van der Waals surface area contributed by atoms with Crippen LogP contribution in [0.25, 0.3) is 16.6 Å². The van der Waals surface area contributed by atoms with Crippen molar-refractivity contribution in [2.75, 3.05) is 13.1 Å². The van der Waals surface area contributed by atoms with E-state index >= 15 is 0 Å². The van der Waals surface area contributed by atoms with Gasteiger partial charge in [-0.2, -0.15) is 14.9 Å². The molecule has 2 aromatic carbocycles. The molecule has 0 saturated carbocycles. The van der Waals surface area contributed by atoms with E-state index in [0.717, 1.165) is 30.3 Å². The third-order valence-corrected chi connectivity index (χ3v) is 8.11. The van der Waals surface area contributed by atoms with Gasteiger partial charge in [-0.05, 0) is 68.5 Å². The van der Waals surface area contributed by atoms with Gasteiger partial charge in [-0.3, -0.25) is 4.79 Å². The molecule has 1 N–H and O–H groups in total. The number of fused-ring (bicyclic) bond motifs is 5. The predicted molar refractivity (Wildman–Crippen MR) is 144 cm³/mol. The molecule has 190 valence electrons. The number of aromatic nitrogens is 1. The maximum absolute atomic E-state index is 12.7. The molecule has 37 heavy (non-hydrogen) atoms. The lowest BCUT2D eigenvalue weighted by atomic mass is 9.67. The first-order valence-electron chi connectivity index (χ1n) is 12.4. The summed E-state index contributed by atoms with van der Waals surface area (Å²) in [5.41, 5.74) is 5.48. The van der Waals surface area contributed by atoms with Crippen LogP contribution >= 0.6 is 15.9 Å². The first kappa shape index (κ1) is 26.4. The average Bonchev–Trinajstić information content (AvgIpc) is 3.23. The summed E-state index contributed by atoms with van der Waals surface area (Å²) in [6.45, 7) is 5.76. The first-order chi connectivity index (χ1) is 17.9. The van der Waals surface area contributed by atoms with Gasteiger partial charge in [-0.15, -0.1) is 0 Å². The average molecular weight is 561 g/mol. The van der Waals surface area contributed by atoms with Crippen molar-refractivity contribution < 1.29 is 14.4 Å². The Morgan fingerprint density at radius 2 is 1.89 bits per heavy atom. The molecule has 0 aliphatic carbocycles. The van der Waals surface area contributed by atoms with Gasteiger partial charge < -0.3 is 14.8 Å². The standard InChI is InChI=1S/C28H29BrN4O.CO2/c1-3-28-14-6-16-32(18-30)26(28)25-23(13-15-31-27(34)20-9-11-21(29)12-10-20)22-7-4-5-8-24(22)33(25)19(2)17-28;2-1-3/h4-5,7-12,17,26H,3,6,13-16H2,1-2H3,(H,31,34);/t26-,28+;/m1./s1. The number of hydrogen-bond donors (Lipinski definition) is 1. The monoisotopic (exact) mass is 560 g/mol. The van der Waals surface area contributed by atoms with Crippen molar-refractivity contribution in [2.45, 2.75) is 45.6 Å². The second kappa shape index (κ2) is 11.2. The molecule has 1 aromatic heterocycles. The van der Waals surface area contributed by atoms with Gasteiger partial charge in [0.15, 0.2) is 6.19 Å². The van der Waals surface area contributed by atoms with Gasteiger partial charge in [0.05, 0.1) is 17.3 Å². The van der Waals surface area contributed by atoms with Crippen molar-refractivity contribution in [2.24, 2.45) is 5.41 Å². The number of nitrogens with zero attached hydrogens (tertiary/aromatic N) is 3. The Bertz CT molecular complexity index is 1410. The van der Waals surface area contributed by atoms with E-state index in [1.54, 1.807) is 0 Å². The van der Waals surface area contributed by atoms with Crippen LogP contribution in [0, 0.1) is 16.9 Å². The minimum atomic E-state index is -0.0693. The summed E-state index contributed by atoms with van der Waals surface area (Å²) in [5.74, 6) is -0.0693. The molecule has 5 rings (SSSR count). The van der Waals surface area contributed by atoms with Crippen molar-refractivity contribution in [3.63, 3.8) is 0 Å². The van der Waals surface area contributed by atoms with Gasteiger partial charge in [-0.1, -0.05) is 47.1 Å². The van der Waals surface area contributed by atoms with Crippen molar-refractivity contribution >= 4 is 44.6 Å². The highest BCUT2D eigenvalue weighted by atomic mass is 79.9. The summed E-state index contributed by atoms with van der Waals surface area (Å²) in [6.07, 6.45) is 9.00. The number of amides is 1. The molecule has 1 fully saturated rings. The Balaban J connectivity index is 0.00000102. The van der Waals surface area contributed by atoms with Crippen molar-refractivity contribution in [1.82, 2.24) is 14.8 Å². The molecule has 1 amide bonds. The third-order valence-electron chi connectivity index (χ3n) is 7.58. The molecule has 7 nitrogen and oxygen atoms in total. The van der Waals surface area contributed by atoms with Crippen LogP contribution in [0.4, 0.5) is 0 Å². The Morgan fingerprint density at radius 3 is 2.57 bits per heavy atom. The Hall–Kier alpha value is -3.66. The minimum Gasteiger partial charge on any atom is -0.352 e. The fraction of sp³-hybridized carbons (Fsp3) is 0.345.